The molecule has 0 saturated carbocycles. The van der Waals surface area contributed by atoms with Gasteiger partial charge in [-0.3, -0.25) is 9.78 Å². The second-order valence-corrected chi connectivity index (χ2v) is 4.41. The monoisotopic (exact) mass is 318 g/mol. The lowest BCUT2D eigenvalue weighted by atomic mass is 10.1. The van der Waals surface area contributed by atoms with Crippen LogP contribution in [-0.4, -0.2) is 43.3 Å². The molecule has 9 nitrogen and oxygen atoms in total. The molecule has 118 valence electrons. The van der Waals surface area contributed by atoms with E-state index in [-0.39, 0.29) is 16.8 Å². The molecule has 0 unspecified atom stereocenters. The quantitative estimate of drug-likeness (QED) is 0.525. The molecule has 2 aromatic rings. The first-order chi connectivity index (χ1) is 10.8. The average Bonchev–Trinajstić information content (AvgIpc) is 2.49. The van der Waals surface area contributed by atoms with Crippen LogP contribution in [0.4, 0.5) is 5.69 Å². The average molecular weight is 318 g/mol. The number of aromatic nitrogens is 1. The minimum Gasteiger partial charge on any atom is -0.507 e. The summed E-state index contributed by atoms with van der Waals surface area (Å²) >= 11 is 0. The van der Waals surface area contributed by atoms with Gasteiger partial charge in [0.1, 0.15) is 17.1 Å². The lowest BCUT2D eigenvalue weighted by Gasteiger charge is -2.09. The molecule has 1 amide bonds. The number of aromatic carboxylic acids is 2. The third-order valence-corrected chi connectivity index (χ3v) is 2.83. The molecule has 0 atom stereocenters. The summed E-state index contributed by atoms with van der Waals surface area (Å²) in [5.41, 5.74) is -1.05. The second kappa shape index (κ2) is 6.02. The predicted octanol–water partition coefficient (Wildman–Crippen LogP) is 1.14. The molecule has 0 aliphatic rings. The van der Waals surface area contributed by atoms with Crippen LogP contribution in [0.2, 0.25) is 0 Å². The highest BCUT2D eigenvalue weighted by atomic mass is 16.4. The normalized spacial score (nSPS) is 10.1. The van der Waals surface area contributed by atoms with Crippen molar-refractivity contribution in [1.82, 2.24) is 4.98 Å². The number of anilines is 1. The lowest BCUT2D eigenvalue weighted by Crippen LogP contribution is -2.13. The number of rotatable bonds is 4. The number of nitrogens with zero attached hydrogens (tertiary/aromatic N) is 1. The summed E-state index contributed by atoms with van der Waals surface area (Å²) in [5, 5.41) is 39.2. The topological polar surface area (TPSA) is 157 Å². The molecular weight excluding hydrogens is 308 g/mol. The van der Waals surface area contributed by atoms with Crippen molar-refractivity contribution in [2.24, 2.45) is 0 Å². The molecule has 0 aliphatic heterocycles. The molecule has 0 fully saturated rings. The van der Waals surface area contributed by atoms with Gasteiger partial charge in [-0.05, 0) is 18.2 Å². The van der Waals surface area contributed by atoms with Gasteiger partial charge in [0.15, 0.2) is 0 Å². The maximum Gasteiger partial charge on any atom is 0.339 e. The summed E-state index contributed by atoms with van der Waals surface area (Å²) in [6.07, 6.45) is 2.27. The number of nitrogens with one attached hydrogen (secondary N) is 1. The molecule has 0 radical (unpaired) electrons. The maximum atomic E-state index is 12.0. The fraction of sp³-hybridized carbons (Fsp3) is 0. The van der Waals surface area contributed by atoms with E-state index in [0.29, 0.717) is 0 Å². The van der Waals surface area contributed by atoms with E-state index in [0.717, 1.165) is 24.4 Å². The third kappa shape index (κ3) is 3.35. The van der Waals surface area contributed by atoms with Crippen molar-refractivity contribution >= 4 is 23.5 Å². The van der Waals surface area contributed by atoms with Gasteiger partial charge in [0.05, 0.1) is 23.0 Å². The summed E-state index contributed by atoms with van der Waals surface area (Å²) < 4.78 is 0. The SMILES string of the molecule is O=C(O)c1cncc(NC(=O)c2cc(O)c(C(=O)O)cc2O)c1. The largest absolute Gasteiger partial charge is 0.507 e. The van der Waals surface area contributed by atoms with E-state index in [1.165, 1.54) is 6.20 Å². The van der Waals surface area contributed by atoms with Crippen LogP contribution in [0.25, 0.3) is 0 Å². The van der Waals surface area contributed by atoms with E-state index in [2.05, 4.69) is 10.3 Å². The van der Waals surface area contributed by atoms with Crippen molar-refractivity contribution < 1.29 is 34.8 Å². The second-order valence-electron chi connectivity index (χ2n) is 4.41. The van der Waals surface area contributed by atoms with Crippen molar-refractivity contribution in [2.75, 3.05) is 5.32 Å². The fourth-order valence-corrected chi connectivity index (χ4v) is 1.75. The molecule has 9 heteroatoms. The number of benzene rings is 1. The lowest BCUT2D eigenvalue weighted by molar-refractivity contribution is 0.0683. The number of carbonyl (C=O) groups is 3. The smallest absolute Gasteiger partial charge is 0.339 e. The molecule has 0 bridgehead atoms. The maximum absolute atomic E-state index is 12.0. The van der Waals surface area contributed by atoms with Crippen LogP contribution in [0.3, 0.4) is 0 Å². The molecule has 1 aromatic carbocycles. The van der Waals surface area contributed by atoms with Crippen LogP contribution >= 0.6 is 0 Å². The van der Waals surface area contributed by atoms with Crippen molar-refractivity contribution in [2.45, 2.75) is 0 Å². The summed E-state index contributed by atoms with van der Waals surface area (Å²) in [5.74, 6) is -4.93. The van der Waals surface area contributed by atoms with E-state index in [9.17, 15) is 24.6 Å². The van der Waals surface area contributed by atoms with Crippen molar-refractivity contribution in [1.29, 1.82) is 0 Å². The van der Waals surface area contributed by atoms with Gasteiger partial charge in [0.25, 0.3) is 5.91 Å². The van der Waals surface area contributed by atoms with Gasteiger partial charge in [-0.25, -0.2) is 9.59 Å². The summed E-state index contributed by atoms with van der Waals surface area (Å²) in [7, 11) is 0. The molecule has 0 aliphatic carbocycles. The van der Waals surface area contributed by atoms with Gasteiger partial charge in [0, 0.05) is 6.20 Å². The number of amides is 1. The number of hydrogen-bond donors (Lipinski definition) is 5. The molecular formula is C14H10N2O7. The van der Waals surface area contributed by atoms with Crippen LogP contribution in [0, 0.1) is 0 Å². The molecule has 5 N–H and O–H groups in total. The first-order valence-corrected chi connectivity index (χ1v) is 6.08. The summed E-state index contributed by atoms with van der Waals surface area (Å²) in [6, 6.07) is 2.68. The zero-order valence-corrected chi connectivity index (χ0v) is 11.3. The van der Waals surface area contributed by atoms with E-state index in [1.807, 2.05) is 0 Å². The Kier molecular flexibility index (Phi) is 4.12. The number of carboxylic acid groups (broad SMARTS) is 2. The molecule has 1 heterocycles. The van der Waals surface area contributed by atoms with Gasteiger partial charge >= 0.3 is 11.9 Å². The third-order valence-electron chi connectivity index (χ3n) is 2.83. The first kappa shape index (κ1) is 15.8. The Hall–Kier alpha value is -3.62. The van der Waals surface area contributed by atoms with E-state index in [4.69, 9.17) is 10.2 Å². The molecule has 23 heavy (non-hydrogen) atoms. The Bertz CT molecular complexity index is 817. The minimum absolute atomic E-state index is 0.0519. The molecule has 0 spiro atoms. The molecule has 0 saturated heterocycles. The summed E-state index contributed by atoms with van der Waals surface area (Å²) in [4.78, 5) is 37.3. The number of carbonyl (C=O) groups excluding carboxylic acids is 1. The highest BCUT2D eigenvalue weighted by Crippen LogP contribution is 2.28. The Balaban J connectivity index is 2.31. The van der Waals surface area contributed by atoms with E-state index in [1.54, 1.807) is 0 Å². The highest BCUT2D eigenvalue weighted by Gasteiger charge is 2.19. The molecule has 2 rings (SSSR count). The van der Waals surface area contributed by atoms with Gasteiger partial charge in [-0.15, -0.1) is 0 Å². The number of phenolic OH excluding ortho intramolecular Hbond substituents is 1. The van der Waals surface area contributed by atoms with E-state index < -0.39 is 34.9 Å². The number of aromatic hydroxyl groups is 2. The zero-order chi connectivity index (χ0) is 17.1. The van der Waals surface area contributed by atoms with Crippen LogP contribution in [0.1, 0.15) is 31.1 Å². The Morgan fingerprint density at radius 1 is 0.870 bits per heavy atom. The number of hydrogen-bond acceptors (Lipinski definition) is 6. The Morgan fingerprint density at radius 2 is 1.48 bits per heavy atom. The van der Waals surface area contributed by atoms with Gasteiger partial charge in [-0.2, -0.15) is 0 Å². The van der Waals surface area contributed by atoms with Crippen LogP contribution in [0.15, 0.2) is 30.6 Å². The van der Waals surface area contributed by atoms with Crippen molar-refractivity contribution in [3.05, 3.63) is 47.3 Å². The predicted molar refractivity (Wildman–Crippen MR) is 75.9 cm³/mol. The van der Waals surface area contributed by atoms with E-state index >= 15 is 0 Å². The van der Waals surface area contributed by atoms with Gasteiger partial charge in [0.2, 0.25) is 0 Å². The van der Waals surface area contributed by atoms with Crippen molar-refractivity contribution in [3.63, 3.8) is 0 Å². The van der Waals surface area contributed by atoms with Crippen molar-refractivity contribution in [3.8, 4) is 11.5 Å². The summed E-state index contributed by atoms with van der Waals surface area (Å²) in [6.45, 7) is 0. The van der Waals surface area contributed by atoms with Crippen LogP contribution in [0.5, 0.6) is 11.5 Å². The molecule has 1 aromatic heterocycles. The fourth-order valence-electron chi connectivity index (χ4n) is 1.75. The van der Waals surface area contributed by atoms with Gasteiger partial charge in [-0.1, -0.05) is 0 Å². The highest BCUT2D eigenvalue weighted by molar-refractivity contribution is 6.07. The first-order valence-electron chi connectivity index (χ1n) is 6.08. The number of carboxylic acids is 2. The Labute approximate surface area is 128 Å². The number of phenols is 2. The standard InChI is InChI=1S/C14H10N2O7/c17-10-3-9(14(22)23)11(18)2-8(10)12(19)16-7-1-6(13(20)21)4-15-5-7/h1-5,17-18H,(H,16,19)(H,20,21)(H,22,23). The van der Waals surface area contributed by atoms with Crippen LogP contribution < -0.4 is 5.32 Å². The zero-order valence-electron chi connectivity index (χ0n) is 11.3. The van der Waals surface area contributed by atoms with Gasteiger partial charge < -0.3 is 25.7 Å². The minimum atomic E-state index is -1.47. The number of pyridine rings is 1. The van der Waals surface area contributed by atoms with Crippen LogP contribution in [-0.2, 0) is 0 Å². The Morgan fingerprint density at radius 3 is 2.09 bits per heavy atom.